The average Bonchev–Trinajstić information content (AvgIpc) is 2.69. The van der Waals surface area contributed by atoms with Gasteiger partial charge in [0.2, 0.25) is 0 Å². The van der Waals surface area contributed by atoms with Crippen LogP contribution in [0.2, 0.25) is 0 Å². The zero-order valence-electron chi connectivity index (χ0n) is 8.68. The van der Waals surface area contributed by atoms with Crippen LogP contribution >= 0.6 is 0 Å². The van der Waals surface area contributed by atoms with Gasteiger partial charge in [-0.05, 0) is 29.8 Å². The molecule has 0 spiro atoms. The summed E-state index contributed by atoms with van der Waals surface area (Å²) >= 11 is 0. The summed E-state index contributed by atoms with van der Waals surface area (Å²) < 4.78 is 0. The van der Waals surface area contributed by atoms with Crippen LogP contribution in [0.3, 0.4) is 0 Å². The van der Waals surface area contributed by atoms with Crippen LogP contribution < -0.4 is 0 Å². The van der Waals surface area contributed by atoms with Gasteiger partial charge in [-0.15, -0.1) is 0 Å². The number of fused-ring (bicyclic) bond motifs is 1. The zero-order chi connectivity index (χ0) is 12.4. The number of hydrogen-bond donors (Lipinski definition) is 3. The van der Waals surface area contributed by atoms with Crippen molar-refractivity contribution < 1.29 is 19.8 Å². The molecule has 1 aromatic carbocycles. The van der Waals surface area contributed by atoms with Gasteiger partial charge in [0.05, 0.1) is 0 Å². The highest BCUT2D eigenvalue weighted by Gasteiger charge is 2.06. The second-order valence-electron chi connectivity index (χ2n) is 3.51. The standard InChI is InChI=1S/C12H9NO4/c14-11(15)4-2-7-1-3-9-8(5-7)6-10(13-9)12(16)17/h1-6,13H,(H,14,15)(H,16,17). The van der Waals surface area contributed by atoms with Crippen LogP contribution in [0.5, 0.6) is 0 Å². The van der Waals surface area contributed by atoms with Crippen molar-refractivity contribution in [2.75, 3.05) is 0 Å². The van der Waals surface area contributed by atoms with E-state index in [2.05, 4.69) is 4.98 Å². The highest BCUT2D eigenvalue weighted by molar-refractivity contribution is 5.94. The maximum Gasteiger partial charge on any atom is 0.352 e. The molecule has 2 rings (SSSR count). The monoisotopic (exact) mass is 231 g/mol. The van der Waals surface area contributed by atoms with Gasteiger partial charge in [-0.25, -0.2) is 9.59 Å². The van der Waals surface area contributed by atoms with Crippen molar-refractivity contribution in [3.8, 4) is 0 Å². The molecule has 3 N–H and O–H groups in total. The molecule has 0 aliphatic carbocycles. The van der Waals surface area contributed by atoms with Crippen molar-refractivity contribution in [2.24, 2.45) is 0 Å². The Morgan fingerprint density at radius 2 is 1.94 bits per heavy atom. The lowest BCUT2D eigenvalue weighted by molar-refractivity contribution is -0.131. The highest BCUT2D eigenvalue weighted by Crippen LogP contribution is 2.18. The fourth-order valence-electron chi connectivity index (χ4n) is 1.54. The summed E-state index contributed by atoms with van der Waals surface area (Å²) in [5.74, 6) is -2.05. The summed E-state index contributed by atoms with van der Waals surface area (Å²) in [5, 5.41) is 18.0. The fourth-order valence-corrected chi connectivity index (χ4v) is 1.54. The molecule has 0 fully saturated rings. The van der Waals surface area contributed by atoms with Crippen molar-refractivity contribution >= 4 is 28.9 Å². The zero-order valence-corrected chi connectivity index (χ0v) is 8.68. The minimum absolute atomic E-state index is 0.111. The predicted molar refractivity (Wildman–Crippen MR) is 61.9 cm³/mol. The molecule has 2 aromatic rings. The molecule has 5 nitrogen and oxygen atoms in total. The van der Waals surface area contributed by atoms with Gasteiger partial charge in [0.1, 0.15) is 5.69 Å². The highest BCUT2D eigenvalue weighted by atomic mass is 16.4. The lowest BCUT2D eigenvalue weighted by atomic mass is 10.1. The van der Waals surface area contributed by atoms with Crippen molar-refractivity contribution in [1.82, 2.24) is 4.98 Å². The van der Waals surface area contributed by atoms with E-state index in [9.17, 15) is 9.59 Å². The normalized spacial score (nSPS) is 11.1. The molecule has 0 unspecified atom stereocenters. The van der Waals surface area contributed by atoms with Gasteiger partial charge in [0.25, 0.3) is 0 Å². The molecule has 0 saturated heterocycles. The Morgan fingerprint density at radius 1 is 1.18 bits per heavy atom. The molecule has 0 amide bonds. The molecule has 86 valence electrons. The number of hydrogen-bond acceptors (Lipinski definition) is 2. The maximum atomic E-state index is 10.7. The Bertz CT molecular complexity index is 624. The molecular weight excluding hydrogens is 222 g/mol. The quantitative estimate of drug-likeness (QED) is 0.704. The number of H-pyrrole nitrogens is 1. The summed E-state index contributed by atoms with van der Waals surface area (Å²) in [4.78, 5) is 23.9. The molecule has 17 heavy (non-hydrogen) atoms. The summed E-state index contributed by atoms with van der Waals surface area (Å²) in [5.41, 5.74) is 1.52. The minimum atomic E-state index is -1.02. The Labute approximate surface area is 96.0 Å². The lowest BCUT2D eigenvalue weighted by Crippen LogP contribution is -1.94. The third kappa shape index (κ3) is 2.34. The first-order chi connectivity index (χ1) is 8.06. The van der Waals surface area contributed by atoms with Gasteiger partial charge in [-0.2, -0.15) is 0 Å². The third-order valence-corrected chi connectivity index (χ3v) is 2.29. The van der Waals surface area contributed by atoms with E-state index in [0.717, 1.165) is 11.5 Å². The second kappa shape index (κ2) is 4.13. The van der Waals surface area contributed by atoms with Crippen LogP contribution in [0, 0.1) is 0 Å². The van der Waals surface area contributed by atoms with E-state index >= 15 is 0 Å². The van der Waals surface area contributed by atoms with Crippen LogP contribution in [0.25, 0.3) is 17.0 Å². The molecule has 0 bridgehead atoms. The lowest BCUT2D eigenvalue weighted by Gasteiger charge is -1.93. The van der Waals surface area contributed by atoms with Gasteiger partial charge in [0.15, 0.2) is 0 Å². The molecule has 0 saturated carbocycles. The van der Waals surface area contributed by atoms with Gasteiger partial charge >= 0.3 is 11.9 Å². The average molecular weight is 231 g/mol. The molecule has 1 heterocycles. The molecule has 0 aliphatic rings. The largest absolute Gasteiger partial charge is 0.478 e. The molecule has 5 heteroatoms. The number of aromatic amines is 1. The molecule has 0 aliphatic heterocycles. The molecule has 0 atom stereocenters. The van der Waals surface area contributed by atoms with Crippen LogP contribution in [0.1, 0.15) is 16.1 Å². The number of aromatic nitrogens is 1. The molecule has 1 aromatic heterocycles. The Balaban J connectivity index is 2.43. The summed E-state index contributed by atoms with van der Waals surface area (Å²) in [6.07, 6.45) is 2.49. The van der Waals surface area contributed by atoms with E-state index < -0.39 is 11.9 Å². The van der Waals surface area contributed by atoms with Gasteiger partial charge in [-0.3, -0.25) is 0 Å². The first kappa shape index (κ1) is 10.9. The summed E-state index contributed by atoms with van der Waals surface area (Å²) in [7, 11) is 0. The van der Waals surface area contributed by atoms with E-state index in [0.29, 0.717) is 11.1 Å². The van der Waals surface area contributed by atoms with E-state index in [1.54, 1.807) is 18.2 Å². The number of nitrogens with one attached hydrogen (secondary N) is 1. The Morgan fingerprint density at radius 3 is 2.59 bits per heavy atom. The van der Waals surface area contributed by atoms with Gasteiger partial charge in [-0.1, -0.05) is 6.07 Å². The van der Waals surface area contributed by atoms with Crippen molar-refractivity contribution in [3.63, 3.8) is 0 Å². The number of carbonyl (C=O) groups is 2. The van der Waals surface area contributed by atoms with Gasteiger partial charge in [0, 0.05) is 17.0 Å². The number of rotatable bonds is 3. The third-order valence-electron chi connectivity index (χ3n) is 2.29. The van der Waals surface area contributed by atoms with Crippen molar-refractivity contribution in [1.29, 1.82) is 0 Å². The van der Waals surface area contributed by atoms with Crippen molar-refractivity contribution in [2.45, 2.75) is 0 Å². The number of aromatic carboxylic acids is 1. The second-order valence-corrected chi connectivity index (χ2v) is 3.51. The number of benzene rings is 1. The summed E-state index contributed by atoms with van der Waals surface area (Å²) in [6.45, 7) is 0. The minimum Gasteiger partial charge on any atom is -0.478 e. The van der Waals surface area contributed by atoms with Gasteiger partial charge < -0.3 is 15.2 Å². The van der Waals surface area contributed by atoms with Crippen LogP contribution in [-0.4, -0.2) is 27.1 Å². The van der Waals surface area contributed by atoms with E-state index in [4.69, 9.17) is 10.2 Å². The first-order valence-electron chi connectivity index (χ1n) is 4.83. The Hall–Kier alpha value is -2.56. The van der Waals surface area contributed by atoms with Crippen LogP contribution in [0.15, 0.2) is 30.3 Å². The van der Waals surface area contributed by atoms with E-state index in [1.165, 1.54) is 12.1 Å². The SMILES string of the molecule is O=C(O)C=Cc1ccc2[nH]c(C(=O)O)cc2c1. The molecular formula is C12H9NO4. The first-order valence-corrected chi connectivity index (χ1v) is 4.83. The van der Waals surface area contributed by atoms with Crippen LogP contribution in [-0.2, 0) is 4.79 Å². The topological polar surface area (TPSA) is 90.4 Å². The Kier molecular flexibility index (Phi) is 2.66. The smallest absolute Gasteiger partial charge is 0.352 e. The number of carboxylic acid groups (broad SMARTS) is 2. The molecule has 0 radical (unpaired) electrons. The van der Waals surface area contributed by atoms with Crippen LogP contribution in [0.4, 0.5) is 0 Å². The number of aliphatic carboxylic acids is 1. The van der Waals surface area contributed by atoms with Crippen molar-refractivity contribution in [3.05, 3.63) is 41.6 Å². The van der Waals surface area contributed by atoms with E-state index in [-0.39, 0.29) is 5.69 Å². The predicted octanol–water partition coefficient (Wildman–Crippen LogP) is 1.96. The fraction of sp³-hybridized carbons (Fsp3) is 0. The summed E-state index contributed by atoms with van der Waals surface area (Å²) in [6, 6.07) is 6.65. The maximum absolute atomic E-state index is 10.7. The van der Waals surface area contributed by atoms with E-state index in [1.807, 2.05) is 0 Å². The number of carboxylic acids is 2.